The maximum atomic E-state index is 12.7. The second kappa shape index (κ2) is 53.2. The van der Waals surface area contributed by atoms with Crippen LogP contribution in [0.25, 0.3) is 0 Å². The molecule has 0 aromatic heterocycles. The summed E-state index contributed by atoms with van der Waals surface area (Å²) >= 11 is 0. The first-order chi connectivity index (χ1) is 30.6. The van der Waals surface area contributed by atoms with Crippen LogP contribution in [0.4, 0.5) is 0 Å². The quantitative estimate of drug-likeness (QED) is 0.0346. The van der Waals surface area contributed by atoms with E-state index in [-0.39, 0.29) is 25.2 Å². The summed E-state index contributed by atoms with van der Waals surface area (Å²) in [5.41, 5.74) is 0. The van der Waals surface area contributed by atoms with Crippen LogP contribution in [-0.4, -0.2) is 37.9 Å². The van der Waals surface area contributed by atoms with Crippen LogP contribution in [0, 0.1) is 0 Å². The third-order valence-corrected chi connectivity index (χ3v) is 11.9. The van der Waals surface area contributed by atoms with E-state index < -0.39 is 6.10 Å². The molecule has 0 N–H and O–H groups in total. The molecule has 0 spiro atoms. The summed E-state index contributed by atoms with van der Waals surface area (Å²) in [5.74, 6) is -0.402. The van der Waals surface area contributed by atoms with Crippen molar-refractivity contribution in [2.45, 2.75) is 284 Å². The number of rotatable bonds is 50. The smallest absolute Gasteiger partial charge is 0.306 e. The van der Waals surface area contributed by atoms with Crippen molar-refractivity contribution < 1.29 is 23.8 Å². The lowest BCUT2D eigenvalue weighted by molar-refractivity contribution is -0.163. The zero-order chi connectivity index (χ0) is 44.9. The zero-order valence-electron chi connectivity index (χ0n) is 41.6. The van der Waals surface area contributed by atoms with E-state index in [9.17, 15) is 9.59 Å². The molecule has 0 aliphatic rings. The lowest BCUT2D eigenvalue weighted by Crippen LogP contribution is -2.30. The van der Waals surface area contributed by atoms with Crippen LogP contribution in [0.1, 0.15) is 278 Å². The Labute approximate surface area is 386 Å². The van der Waals surface area contributed by atoms with E-state index in [0.717, 1.165) is 70.6 Å². The molecule has 0 bridgehead atoms. The van der Waals surface area contributed by atoms with E-state index in [0.29, 0.717) is 19.4 Å². The van der Waals surface area contributed by atoms with E-state index in [2.05, 4.69) is 69.4 Å². The lowest BCUT2D eigenvalue weighted by Gasteiger charge is -2.18. The first kappa shape index (κ1) is 59.9. The molecule has 5 nitrogen and oxygen atoms in total. The van der Waals surface area contributed by atoms with E-state index in [4.69, 9.17) is 14.2 Å². The molecule has 0 radical (unpaired) electrons. The largest absolute Gasteiger partial charge is 0.462 e. The maximum Gasteiger partial charge on any atom is 0.306 e. The fourth-order valence-corrected chi connectivity index (χ4v) is 7.86. The van der Waals surface area contributed by atoms with Gasteiger partial charge in [-0.1, -0.05) is 256 Å². The average Bonchev–Trinajstić information content (AvgIpc) is 3.27. The molecule has 5 heteroatoms. The summed E-state index contributed by atoms with van der Waals surface area (Å²) < 4.78 is 17.4. The highest BCUT2D eigenvalue weighted by atomic mass is 16.6. The van der Waals surface area contributed by atoms with Gasteiger partial charge in [-0.15, -0.1) is 0 Å². The summed E-state index contributed by atoms with van der Waals surface area (Å²) in [6.07, 6.45) is 65.6. The third-order valence-electron chi connectivity index (χ3n) is 11.9. The number of carbonyl (C=O) groups excluding carboxylic acids is 2. The van der Waals surface area contributed by atoms with Crippen LogP contribution in [-0.2, 0) is 23.8 Å². The molecular weight excluding hydrogens is 765 g/mol. The van der Waals surface area contributed by atoms with E-state index >= 15 is 0 Å². The van der Waals surface area contributed by atoms with Crippen molar-refractivity contribution in [2.75, 3.05) is 19.8 Å². The Bertz CT molecular complexity index is 1030. The minimum Gasteiger partial charge on any atom is -0.462 e. The molecule has 0 aliphatic carbocycles. The van der Waals surface area contributed by atoms with Gasteiger partial charge >= 0.3 is 11.9 Å². The fourth-order valence-electron chi connectivity index (χ4n) is 7.86. The highest BCUT2D eigenvalue weighted by molar-refractivity contribution is 5.70. The Morgan fingerprint density at radius 3 is 1.16 bits per heavy atom. The SMILES string of the molecule is CC/C=C\C/C=C\C/C=C\C/C=C\CCCCCCCCC(=O)OCC(COCCCCCCCCCCCCCCCCCCCC)OC(=O)CCCCCCCCCCC. The van der Waals surface area contributed by atoms with Crippen LogP contribution in [0.3, 0.4) is 0 Å². The number of esters is 2. The molecule has 0 aromatic rings. The third kappa shape index (κ3) is 50.5. The van der Waals surface area contributed by atoms with Crippen molar-refractivity contribution in [1.29, 1.82) is 0 Å². The van der Waals surface area contributed by atoms with Crippen molar-refractivity contribution in [3.05, 3.63) is 48.6 Å². The van der Waals surface area contributed by atoms with Gasteiger partial charge in [0.25, 0.3) is 0 Å². The summed E-state index contributed by atoms with van der Waals surface area (Å²) in [6, 6.07) is 0. The highest BCUT2D eigenvalue weighted by Crippen LogP contribution is 2.16. The fraction of sp³-hybridized carbons (Fsp3) is 0.825. The number of allylic oxidation sites excluding steroid dienone is 8. The summed E-state index contributed by atoms with van der Waals surface area (Å²) in [6.45, 7) is 7.73. The molecule has 62 heavy (non-hydrogen) atoms. The normalized spacial score (nSPS) is 12.5. The summed E-state index contributed by atoms with van der Waals surface area (Å²) in [7, 11) is 0. The van der Waals surface area contributed by atoms with Gasteiger partial charge in [0.15, 0.2) is 6.10 Å². The number of ether oxygens (including phenoxy) is 3. The first-order valence-electron chi connectivity index (χ1n) is 27.2. The number of unbranched alkanes of at least 4 members (excludes halogenated alkanes) is 31. The van der Waals surface area contributed by atoms with Gasteiger partial charge in [0.2, 0.25) is 0 Å². The van der Waals surface area contributed by atoms with Crippen LogP contribution < -0.4 is 0 Å². The predicted molar refractivity (Wildman–Crippen MR) is 270 cm³/mol. The maximum absolute atomic E-state index is 12.7. The summed E-state index contributed by atoms with van der Waals surface area (Å²) in [4.78, 5) is 25.4. The lowest BCUT2D eigenvalue weighted by atomic mass is 10.0. The second-order valence-electron chi connectivity index (χ2n) is 18.1. The van der Waals surface area contributed by atoms with Crippen LogP contribution in [0.5, 0.6) is 0 Å². The molecule has 0 rings (SSSR count). The van der Waals surface area contributed by atoms with Gasteiger partial charge in [-0.05, 0) is 57.8 Å². The Kier molecular flexibility index (Phi) is 51.4. The highest BCUT2D eigenvalue weighted by Gasteiger charge is 2.17. The number of hydrogen-bond donors (Lipinski definition) is 0. The van der Waals surface area contributed by atoms with Gasteiger partial charge in [-0.2, -0.15) is 0 Å². The second-order valence-corrected chi connectivity index (χ2v) is 18.1. The van der Waals surface area contributed by atoms with Crippen LogP contribution >= 0.6 is 0 Å². The molecule has 0 heterocycles. The Hall–Kier alpha value is -2.14. The Balaban J connectivity index is 4.16. The van der Waals surface area contributed by atoms with Crippen LogP contribution in [0.15, 0.2) is 48.6 Å². The number of hydrogen-bond acceptors (Lipinski definition) is 5. The van der Waals surface area contributed by atoms with Crippen molar-refractivity contribution in [3.8, 4) is 0 Å². The van der Waals surface area contributed by atoms with Crippen LogP contribution in [0.2, 0.25) is 0 Å². The molecule has 0 saturated carbocycles. The minimum absolute atomic E-state index is 0.0821. The van der Waals surface area contributed by atoms with Gasteiger partial charge in [-0.3, -0.25) is 9.59 Å². The number of carbonyl (C=O) groups is 2. The topological polar surface area (TPSA) is 61.8 Å². The average molecular weight is 869 g/mol. The predicted octanol–water partition coefficient (Wildman–Crippen LogP) is 18.3. The molecule has 0 saturated heterocycles. The van der Waals surface area contributed by atoms with Crippen molar-refractivity contribution >= 4 is 11.9 Å². The van der Waals surface area contributed by atoms with E-state index in [1.54, 1.807) is 0 Å². The standard InChI is InChI=1S/C57H104O5/c1-4-7-10-13-16-19-21-23-25-27-29-30-32-34-36-39-41-44-47-50-56(58)61-54-55(62-57(59)51-48-45-42-38-18-15-12-9-6-3)53-60-52-49-46-43-40-37-35-33-31-28-26-24-22-20-17-14-11-8-5-2/h7,10,16,19,23,25,29-30,55H,4-6,8-9,11-15,17-18,20-22,24,26-28,31-54H2,1-3H3/b10-7-,19-16-,25-23-,30-29-. The van der Waals surface area contributed by atoms with Crippen molar-refractivity contribution in [1.82, 2.24) is 0 Å². The molecular formula is C57H104O5. The van der Waals surface area contributed by atoms with Gasteiger partial charge in [0.05, 0.1) is 6.61 Å². The van der Waals surface area contributed by atoms with Gasteiger partial charge in [-0.25, -0.2) is 0 Å². The molecule has 0 aliphatic heterocycles. The molecule has 0 aromatic carbocycles. The van der Waals surface area contributed by atoms with Gasteiger partial charge in [0, 0.05) is 19.4 Å². The van der Waals surface area contributed by atoms with Gasteiger partial charge in [0.1, 0.15) is 6.61 Å². The zero-order valence-corrected chi connectivity index (χ0v) is 41.6. The van der Waals surface area contributed by atoms with Crippen molar-refractivity contribution in [2.24, 2.45) is 0 Å². The molecule has 362 valence electrons. The van der Waals surface area contributed by atoms with E-state index in [1.165, 1.54) is 173 Å². The Morgan fingerprint density at radius 2 is 0.726 bits per heavy atom. The molecule has 0 amide bonds. The van der Waals surface area contributed by atoms with Crippen molar-refractivity contribution in [3.63, 3.8) is 0 Å². The monoisotopic (exact) mass is 869 g/mol. The molecule has 1 unspecified atom stereocenters. The van der Waals surface area contributed by atoms with E-state index in [1.807, 2.05) is 0 Å². The molecule has 0 fully saturated rings. The molecule has 1 atom stereocenters. The van der Waals surface area contributed by atoms with Gasteiger partial charge < -0.3 is 14.2 Å². The summed E-state index contributed by atoms with van der Waals surface area (Å²) in [5, 5.41) is 0. The minimum atomic E-state index is -0.536. The Morgan fingerprint density at radius 1 is 0.371 bits per heavy atom. The first-order valence-corrected chi connectivity index (χ1v) is 27.2.